The first-order chi connectivity index (χ1) is 9.54. The lowest BCUT2D eigenvalue weighted by atomic mass is 9.86. The third kappa shape index (κ3) is 2.91. The molecule has 0 saturated carbocycles. The number of piperidine rings is 1. The summed E-state index contributed by atoms with van der Waals surface area (Å²) in [7, 11) is 0. The summed E-state index contributed by atoms with van der Waals surface area (Å²) in [5.74, 6) is 0.887. The number of benzene rings is 1. The monoisotopic (exact) mass is 272 g/mol. The standard InChI is InChI=1S/C18H28N2/c1-18(2,3)16-8-6-14(7-9-16)13-20-10-4-5-15-11-19-12-17(15)20/h6-9,15,17,19H,4-5,10-13H2,1-3H3. The maximum absolute atomic E-state index is 3.57. The third-order valence-corrected chi connectivity index (χ3v) is 5.00. The van der Waals surface area contributed by atoms with Crippen molar-refractivity contribution < 1.29 is 0 Å². The highest BCUT2D eigenvalue weighted by Crippen LogP contribution is 2.28. The zero-order valence-corrected chi connectivity index (χ0v) is 13.2. The lowest BCUT2D eigenvalue weighted by Gasteiger charge is -2.37. The van der Waals surface area contributed by atoms with Crippen LogP contribution in [0.15, 0.2) is 24.3 Å². The largest absolute Gasteiger partial charge is 0.315 e. The molecule has 2 heterocycles. The number of likely N-dealkylation sites (tertiary alicyclic amines) is 1. The minimum absolute atomic E-state index is 0.254. The van der Waals surface area contributed by atoms with Gasteiger partial charge in [-0.15, -0.1) is 0 Å². The van der Waals surface area contributed by atoms with Crippen molar-refractivity contribution in [1.82, 2.24) is 10.2 Å². The molecule has 0 aromatic heterocycles. The fraction of sp³-hybridized carbons (Fsp3) is 0.667. The van der Waals surface area contributed by atoms with Crippen molar-refractivity contribution in [3.8, 4) is 0 Å². The van der Waals surface area contributed by atoms with E-state index in [1.54, 1.807) is 0 Å². The molecule has 1 aromatic carbocycles. The number of nitrogens with one attached hydrogen (secondary N) is 1. The van der Waals surface area contributed by atoms with Gasteiger partial charge in [0.1, 0.15) is 0 Å². The van der Waals surface area contributed by atoms with Crippen molar-refractivity contribution in [3.63, 3.8) is 0 Å². The van der Waals surface area contributed by atoms with Crippen molar-refractivity contribution in [2.75, 3.05) is 19.6 Å². The zero-order chi connectivity index (χ0) is 14.2. The maximum atomic E-state index is 3.57. The van der Waals surface area contributed by atoms with E-state index in [4.69, 9.17) is 0 Å². The molecular weight excluding hydrogens is 244 g/mol. The van der Waals surface area contributed by atoms with E-state index in [0.29, 0.717) is 0 Å². The minimum atomic E-state index is 0.254. The predicted octanol–water partition coefficient (Wildman–Crippen LogP) is 3.17. The van der Waals surface area contributed by atoms with Gasteiger partial charge >= 0.3 is 0 Å². The number of fused-ring (bicyclic) bond motifs is 1. The Balaban J connectivity index is 1.68. The average molecular weight is 272 g/mol. The van der Waals surface area contributed by atoms with Gasteiger partial charge in [-0.25, -0.2) is 0 Å². The Morgan fingerprint density at radius 1 is 1.15 bits per heavy atom. The molecule has 2 aliphatic heterocycles. The summed E-state index contributed by atoms with van der Waals surface area (Å²) in [6.07, 6.45) is 2.78. The maximum Gasteiger partial charge on any atom is 0.0264 e. The SMILES string of the molecule is CC(C)(C)c1ccc(CN2CCCC3CNCC32)cc1. The van der Waals surface area contributed by atoms with E-state index in [9.17, 15) is 0 Å². The van der Waals surface area contributed by atoms with Crippen LogP contribution in [0.4, 0.5) is 0 Å². The van der Waals surface area contributed by atoms with Crippen LogP contribution in [0.5, 0.6) is 0 Å². The molecule has 2 fully saturated rings. The Bertz CT molecular complexity index is 443. The summed E-state index contributed by atoms with van der Waals surface area (Å²) in [4.78, 5) is 2.69. The highest BCUT2D eigenvalue weighted by atomic mass is 15.2. The lowest BCUT2D eigenvalue weighted by Crippen LogP contribution is -2.44. The Hall–Kier alpha value is -0.860. The van der Waals surface area contributed by atoms with E-state index in [0.717, 1.165) is 18.5 Å². The minimum Gasteiger partial charge on any atom is -0.315 e. The molecule has 2 saturated heterocycles. The Morgan fingerprint density at radius 3 is 2.60 bits per heavy atom. The van der Waals surface area contributed by atoms with E-state index in [1.165, 1.54) is 43.6 Å². The molecule has 110 valence electrons. The first-order valence-electron chi connectivity index (χ1n) is 8.08. The van der Waals surface area contributed by atoms with Crippen molar-refractivity contribution in [3.05, 3.63) is 35.4 Å². The number of rotatable bonds is 2. The first-order valence-corrected chi connectivity index (χ1v) is 8.08. The van der Waals surface area contributed by atoms with Gasteiger partial charge < -0.3 is 5.32 Å². The Morgan fingerprint density at radius 2 is 1.90 bits per heavy atom. The molecule has 2 atom stereocenters. The van der Waals surface area contributed by atoms with E-state index in [-0.39, 0.29) is 5.41 Å². The van der Waals surface area contributed by atoms with Gasteiger partial charge in [-0.1, -0.05) is 45.0 Å². The summed E-state index contributed by atoms with van der Waals surface area (Å²) in [6, 6.07) is 10.0. The van der Waals surface area contributed by atoms with E-state index >= 15 is 0 Å². The van der Waals surface area contributed by atoms with Crippen LogP contribution < -0.4 is 5.32 Å². The summed E-state index contributed by atoms with van der Waals surface area (Å²) >= 11 is 0. The molecule has 0 amide bonds. The quantitative estimate of drug-likeness (QED) is 0.889. The van der Waals surface area contributed by atoms with Crippen molar-refractivity contribution in [2.24, 2.45) is 5.92 Å². The fourth-order valence-corrected chi connectivity index (χ4v) is 3.70. The molecule has 1 aromatic rings. The molecule has 2 heteroatoms. The average Bonchev–Trinajstić information content (AvgIpc) is 2.88. The number of hydrogen-bond acceptors (Lipinski definition) is 2. The van der Waals surface area contributed by atoms with E-state index in [1.807, 2.05) is 0 Å². The normalized spacial score (nSPS) is 27.6. The van der Waals surface area contributed by atoms with Crippen LogP contribution in [0.3, 0.4) is 0 Å². The molecule has 2 aliphatic rings. The van der Waals surface area contributed by atoms with E-state index in [2.05, 4.69) is 55.3 Å². The van der Waals surface area contributed by atoms with Gasteiger partial charge in [0.25, 0.3) is 0 Å². The first kappa shape index (κ1) is 14.1. The molecule has 3 rings (SSSR count). The van der Waals surface area contributed by atoms with Gasteiger partial charge in [0.2, 0.25) is 0 Å². The van der Waals surface area contributed by atoms with Gasteiger partial charge in [-0.05, 0) is 48.4 Å². The van der Waals surface area contributed by atoms with Crippen LogP contribution in [0.2, 0.25) is 0 Å². The van der Waals surface area contributed by atoms with Crippen LogP contribution >= 0.6 is 0 Å². The lowest BCUT2D eigenvalue weighted by molar-refractivity contribution is 0.117. The summed E-state index contributed by atoms with van der Waals surface area (Å²) in [5, 5.41) is 3.57. The van der Waals surface area contributed by atoms with Gasteiger partial charge in [-0.3, -0.25) is 4.90 Å². The van der Waals surface area contributed by atoms with Crippen molar-refractivity contribution >= 4 is 0 Å². The Labute approximate surface area is 123 Å². The third-order valence-electron chi connectivity index (χ3n) is 5.00. The molecule has 0 spiro atoms. The second kappa shape index (κ2) is 5.50. The van der Waals surface area contributed by atoms with E-state index < -0.39 is 0 Å². The number of nitrogens with zero attached hydrogens (tertiary/aromatic N) is 1. The summed E-state index contributed by atoms with van der Waals surface area (Å²) < 4.78 is 0. The van der Waals surface area contributed by atoms with Crippen LogP contribution in [0, 0.1) is 5.92 Å². The van der Waals surface area contributed by atoms with Gasteiger partial charge in [0.05, 0.1) is 0 Å². The zero-order valence-electron chi connectivity index (χ0n) is 13.2. The highest BCUT2D eigenvalue weighted by molar-refractivity contribution is 5.27. The Kier molecular flexibility index (Phi) is 3.87. The molecular formula is C18H28N2. The van der Waals surface area contributed by atoms with Gasteiger partial charge in [-0.2, -0.15) is 0 Å². The predicted molar refractivity (Wildman–Crippen MR) is 84.9 cm³/mol. The van der Waals surface area contributed by atoms with Crippen LogP contribution in [0.25, 0.3) is 0 Å². The van der Waals surface area contributed by atoms with Gasteiger partial charge in [0, 0.05) is 19.1 Å². The molecule has 20 heavy (non-hydrogen) atoms. The molecule has 2 nitrogen and oxygen atoms in total. The summed E-state index contributed by atoms with van der Waals surface area (Å²) in [5.41, 5.74) is 3.15. The van der Waals surface area contributed by atoms with Crippen molar-refractivity contribution in [1.29, 1.82) is 0 Å². The van der Waals surface area contributed by atoms with Gasteiger partial charge in [0.15, 0.2) is 0 Å². The summed E-state index contributed by atoms with van der Waals surface area (Å²) in [6.45, 7) is 11.6. The molecule has 2 unspecified atom stereocenters. The molecule has 1 N–H and O–H groups in total. The van der Waals surface area contributed by atoms with Crippen LogP contribution in [-0.4, -0.2) is 30.6 Å². The van der Waals surface area contributed by atoms with Crippen molar-refractivity contribution in [2.45, 2.75) is 51.6 Å². The second-order valence-corrected chi connectivity index (χ2v) is 7.55. The van der Waals surface area contributed by atoms with Crippen LogP contribution in [-0.2, 0) is 12.0 Å². The highest BCUT2D eigenvalue weighted by Gasteiger charge is 2.34. The molecule has 0 radical (unpaired) electrons. The second-order valence-electron chi connectivity index (χ2n) is 7.55. The molecule has 0 bridgehead atoms. The molecule has 0 aliphatic carbocycles. The topological polar surface area (TPSA) is 15.3 Å². The van der Waals surface area contributed by atoms with Crippen LogP contribution in [0.1, 0.15) is 44.7 Å². The smallest absolute Gasteiger partial charge is 0.0264 e. The fourth-order valence-electron chi connectivity index (χ4n) is 3.70. The number of hydrogen-bond donors (Lipinski definition) is 1.